The molecule has 1 aromatic heterocycles. The van der Waals surface area contributed by atoms with Crippen molar-refractivity contribution in [3.8, 4) is 5.75 Å². The largest absolute Gasteiger partial charge is 0.496 e. The quantitative estimate of drug-likeness (QED) is 0.866. The summed E-state index contributed by atoms with van der Waals surface area (Å²) in [7, 11) is 1.53. The van der Waals surface area contributed by atoms with E-state index in [-0.39, 0.29) is 22.8 Å². The van der Waals surface area contributed by atoms with Crippen molar-refractivity contribution in [2.75, 3.05) is 33.3 Å². The number of carbonyl (C=O) groups is 1. The minimum Gasteiger partial charge on any atom is -0.496 e. The Morgan fingerprint density at radius 3 is 2.69 bits per heavy atom. The average Bonchev–Trinajstić information content (AvgIpc) is 2.88. The van der Waals surface area contributed by atoms with Crippen molar-refractivity contribution in [2.24, 2.45) is 5.41 Å². The lowest BCUT2D eigenvalue weighted by Crippen LogP contribution is -2.34. The third kappa shape index (κ3) is 3.57. The summed E-state index contributed by atoms with van der Waals surface area (Å²) in [4.78, 5) is 28.2. The number of ether oxygens (including phenoxy) is 1. The fourth-order valence-electron chi connectivity index (χ4n) is 4.78. The van der Waals surface area contributed by atoms with Crippen LogP contribution in [-0.4, -0.2) is 48.7 Å². The second kappa shape index (κ2) is 7.67. The standard InChI is InChI=1S/C23H29N3O3/c1-23(2)15-25(14-17(23)16-7-5-4-6-8-16)22(28)21-18-9-10-24-11-12-26(18)20(27)13-19(21)29-3/h4-8,13,17,24H,9-12,14-15H2,1-3H3/t17-/m1/s1. The predicted octanol–water partition coefficient (Wildman–Crippen LogP) is 2.27. The van der Waals surface area contributed by atoms with Crippen LogP contribution in [0.5, 0.6) is 5.75 Å². The first kappa shape index (κ1) is 19.7. The van der Waals surface area contributed by atoms with Gasteiger partial charge in [0.15, 0.2) is 0 Å². The Morgan fingerprint density at radius 1 is 1.21 bits per heavy atom. The molecule has 0 aliphatic carbocycles. The van der Waals surface area contributed by atoms with Gasteiger partial charge in [-0.05, 0) is 11.0 Å². The van der Waals surface area contributed by atoms with Crippen LogP contribution in [0.3, 0.4) is 0 Å². The zero-order chi connectivity index (χ0) is 20.6. The van der Waals surface area contributed by atoms with Crippen molar-refractivity contribution in [3.05, 3.63) is 63.6 Å². The zero-order valence-electron chi connectivity index (χ0n) is 17.4. The number of carbonyl (C=O) groups excluding carboxylic acids is 1. The molecular formula is C23H29N3O3. The molecule has 1 atom stereocenters. The summed E-state index contributed by atoms with van der Waals surface area (Å²) in [5.41, 5.74) is 2.44. The number of nitrogens with zero attached hydrogens (tertiary/aromatic N) is 2. The maximum absolute atomic E-state index is 13.7. The molecule has 2 aliphatic heterocycles. The molecule has 154 valence electrons. The number of hydrogen-bond donors (Lipinski definition) is 1. The number of rotatable bonds is 3. The number of amides is 1. The summed E-state index contributed by atoms with van der Waals surface area (Å²) in [6, 6.07) is 11.9. The molecule has 2 aliphatic rings. The smallest absolute Gasteiger partial charge is 0.259 e. The first-order valence-corrected chi connectivity index (χ1v) is 10.3. The summed E-state index contributed by atoms with van der Waals surface area (Å²) in [6.07, 6.45) is 0.632. The normalized spacial score (nSPS) is 20.8. The molecule has 2 aromatic rings. The molecule has 0 spiro atoms. The molecule has 0 unspecified atom stereocenters. The fraction of sp³-hybridized carbons (Fsp3) is 0.478. The number of nitrogens with one attached hydrogen (secondary N) is 1. The molecular weight excluding hydrogens is 366 g/mol. The molecule has 1 amide bonds. The molecule has 29 heavy (non-hydrogen) atoms. The van der Waals surface area contributed by atoms with Gasteiger partial charge >= 0.3 is 0 Å². The highest BCUT2D eigenvalue weighted by molar-refractivity contribution is 5.98. The summed E-state index contributed by atoms with van der Waals surface area (Å²) in [5, 5.41) is 3.31. The molecule has 0 bridgehead atoms. The molecule has 1 fully saturated rings. The van der Waals surface area contributed by atoms with Gasteiger partial charge in [-0.15, -0.1) is 0 Å². The highest BCUT2D eigenvalue weighted by Crippen LogP contribution is 2.43. The molecule has 1 aromatic carbocycles. The second-order valence-corrected chi connectivity index (χ2v) is 8.66. The van der Waals surface area contributed by atoms with Gasteiger partial charge in [0.1, 0.15) is 11.3 Å². The molecule has 3 heterocycles. The van der Waals surface area contributed by atoms with Gasteiger partial charge in [-0.25, -0.2) is 0 Å². The van der Waals surface area contributed by atoms with Crippen LogP contribution in [0.15, 0.2) is 41.2 Å². The van der Waals surface area contributed by atoms with E-state index in [2.05, 4.69) is 43.4 Å². The van der Waals surface area contributed by atoms with E-state index in [0.29, 0.717) is 37.4 Å². The van der Waals surface area contributed by atoms with Gasteiger partial charge in [-0.3, -0.25) is 9.59 Å². The van der Waals surface area contributed by atoms with Crippen LogP contribution in [0.1, 0.15) is 41.4 Å². The van der Waals surface area contributed by atoms with Crippen molar-refractivity contribution in [1.82, 2.24) is 14.8 Å². The number of aromatic nitrogens is 1. The molecule has 0 saturated carbocycles. The highest BCUT2D eigenvalue weighted by atomic mass is 16.5. The van der Waals surface area contributed by atoms with E-state index in [9.17, 15) is 9.59 Å². The number of likely N-dealkylation sites (tertiary alicyclic amines) is 1. The Labute approximate surface area is 171 Å². The maximum Gasteiger partial charge on any atom is 0.259 e. The summed E-state index contributed by atoms with van der Waals surface area (Å²) < 4.78 is 7.22. The lowest BCUT2D eigenvalue weighted by Gasteiger charge is -2.25. The zero-order valence-corrected chi connectivity index (χ0v) is 17.4. The second-order valence-electron chi connectivity index (χ2n) is 8.66. The number of methoxy groups -OCH3 is 1. The first-order chi connectivity index (χ1) is 13.9. The topological polar surface area (TPSA) is 63.6 Å². The van der Waals surface area contributed by atoms with Crippen molar-refractivity contribution < 1.29 is 9.53 Å². The Kier molecular flexibility index (Phi) is 5.21. The van der Waals surface area contributed by atoms with E-state index in [1.54, 1.807) is 4.57 Å². The van der Waals surface area contributed by atoms with Crippen molar-refractivity contribution in [2.45, 2.75) is 32.7 Å². The lowest BCUT2D eigenvalue weighted by atomic mass is 9.78. The fourth-order valence-corrected chi connectivity index (χ4v) is 4.78. The molecule has 1 N–H and O–H groups in total. The summed E-state index contributed by atoms with van der Waals surface area (Å²) in [6.45, 7) is 7.80. The van der Waals surface area contributed by atoms with Gasteiger partial charge in [-0.2, -0.15) is 0 Å². The van der Waals surface area contributed by atoms with E-state index in [1.807, 2.05) is 11.0 Å². The van der Waals surface area contributed by atoms with E-state index in [1.165, 1.54) is 18.7 Å². The van der Waals surface area contributed by atoms with Gasteiger partial charge in [0.05, 0.1) is 7.11 Å². The van der Waals surface area contributed by atoms with Crippen LogP contribution in [0.4, 0.5) is 0 Å². The number of benzene rings is 1. The Morgan fingerprint density at radius 2 is 1.97 bits per heavy atom. The number of fused-ring (bicyclic) bond motifs is 1. The van der Waals surface area contributed by atoms with Gasteiger partial charge in [0.2, 0.25) is 0 Å². The summed E-state index contributed by atoms with van der Waals surface area (Å²) in [5.74, 6) is 0.610. The van der Waals surface area contributed by atoms with E-state index in [0.717, 1.165) is 18.8 Å². The van der Waals surface area contributed by atoms with Gasteiger partial charge in [-0.1, -0.05) is 44.2 Å². The molecule has 0 radical (unpaired) electrons. The van der Waals surface area contributed by atoms with Gasteiger partial charge in [0, 0.05) is 56.8 Å². The minimum absolute atomic E-state index is 0.0334. The van der Waals surface area contributed by atoms with E-state index in [4.69, 9.17) is 4.74 Å². The van der Waals surface area contributed by atoms with Crippen LogP contribution < -0.4 is 15.6 Å². The van der Waals surface area contributed by atoms with Crippen molar-refractivity contribution in [3.63, 3.8) is 0 Å². The average molecular weight is 396 g/mol. The Balaban J connectivity index is 1.73. The molecule has 4 rings (SSSR count). The molecule has 6 heteroatoms. The van der Waals surface area contributed by atoms with Gasteiger partial charge < -0.3 is 19.5 Å². The third-order valence-electron chi connectivity index (χ3n) is 6.30. The van der Waals surface area contributed by atoms with Crippen LogP contribution in [-0.2, 0) is 13.0 Å². The predicted molar refractivity (Wildman–Crippen MR) is 113 cm³/mol. The molecule has 6 nitrogen and oxygen atoms in total. The first-order valence-electron chi connectivity index (χ1n) is 10.3. The number of pyridine rings is 1. The SMILES string of the molecule is COc1cc(=O)n2c(c1C(=O)N1C[C@H](c3ccccc3)C(C)(C)C1)CCNCC2. The Bertz CT molecular complexity index is 965. The maximum atomic E-state index is 13.7. The number of hydrogen-bond acceptors (Lipinski definition) is 4. The van der Waals surface area contributed by atoms with E-state index < -0.39 is 0 Å². The third-order valence-corrected chi connectivity index (χ3v) is 6.30. The Hall–Kier alpha value is -2.60. The van der Waals surface area contributed by atoms with Gasteiger partial charge in [0.25, 0.3) is 11.5 Å². The summed E-state index contributed by atoms with van der Waals surface area (Å²) >= 11 is 0. The monoisotopic (exact) mass is 395 g/mol. The lowest BCUT2D eigenvalue weighted by molar-refractivity contribution is 0.0772. The van der Waals surface area contributed by atoms with Crippen molar-refractivity contribution >= 4 is 5.91 Å². The van der Waals surface area contributed by atoms with Crippen LogP contribution in [0.2, 0.25) is 0 Å². The van der Waals surface area contributed by atoms with Crippen LogP contribution >= 0.6 is 0 Å². The van der Waals surface area contributed by atoms with Crippen LogP contribution in [0.25, 0.3) is 0 Å². The highest BCUT2D eigenvalue weighted by Gasteiger charge is 2.43. The minimum atomic E-state index is -0.110. The van der Waals surface area contributed by atoms with Crippen molar-refractivity contribution in [1.29, 1.82) is 0 Å². The molecule has 1 saturated heterocycles. The van der Waals surface area contributed by atoms with E-state index >= 15 is 0 Å². The van der Waals surface area contributed by atoms with Crippen LogP contribution in [0, 0.1) is 5.41 Å².